The van der Waals surface area contributed by atoms with E-state index < -0.39 is 20.2 Å². The second kappa shape index (κ2) is 8.37. The third kappa shape index (κ3) is 4.76. The lowest BCUT2D eigenvalue weighted by Crippen LogP contribution is -2.55. The Hall–Kier alpha value is -2.03. The van der Waals surface area contributed by atoms with E-state index in [1.54, 1.807) is 24.0 Å². The van der Waals surface area contributed by atoms with E-state index in [0.717, 1.165) is 16.5 Å². The topological polar surface area (TPSA) is 87.2 Å². The summed E-state index contributed by atoms with van der Waals surface area (Å²) in [5.41, 5.74) is 2.02. The highest BCUT2D eigenvalue weighted by atomic mass is 28.3. The van der Waals surface area contributed by atoms with Crippen LogP contribution in [-0.4, -0.2) is 60.1 Å². The lowest BCUT2D eigenvalue weighted by atomic mass is 10.0. The second-order valence-electron chi connectivity index (χ2n) is 9.09. The van der Waals surface area contributed by atoms with Crippen LogP contribution in [0, 0.1) is 0 Å². The summed E-state index contributed by atoms with van der Waals surface area (Å²) in [6.07, 6.45) is -0.126. The number of piperidine rings is 1. The fourth-order valence-corrected chi connectivity index (χ4v) is 4.39. The van der Waals surface area contributed by atoms with Gasteiger partial charge in [0.1, 0.15) is 12.8 Å². The molecule has 0 bridgehead atoms. The Morgan fingerprint density at radius 3 is 2.62 bits per heavy atom. The standard InChI is InChI=1S/C21H30N2O5Si/c1-14(24)15-5-6-16-12-22(20(26)17(16)11-15)18-7-8-19(25)23(21(18)27)13-28-9-10-29(2,3)4/h5-6,11,14,18,24H,7-10,12-13H2,1-4H3. The molecular weight excluding hydrogens is 388 g/mol. The molecule has 1 N–H and O–H groups in total. The number of nitrogens with zero attached hydrogens (tertiary/aromatic N) is 2. The van der Waals surface area contributed by atoms with Gasteiger partial charge in [-0.25, -0.2) is 0 Å². The summed E-state index contributed by atoms with van der Waals surface area (Å²) in [4.78, 5) is 40.9. The molecule has 1 aromatic carbocycles. The second-order valence-corrected chi connectivity index (χ2v) is 14.7. The summed E-state index contributed by atoms with van der Waals surface area (Å²) in [6.45, 7) is 9.17. The van der Waals surface area contributed by atoms with Crippen LogP contribution in [0.1, 0.15) is 47.4 Å². The first-order chi connectivity index (χ1) is 13.6. The molecule has 1 aromatic rings. The van der Waals surface area contributed by atoms with E-state index in [2.05, 4.69) is 19.6 Å². The summed E-state index contributed by atoms with van der Waals surface area (Å²) in [7, 11) is -1.26. The largest absolute Gasteiger partial charge is 0.389 e. The van der Waals surface area contributed by atoms with Crippen molar-refractivity contribution in [2.24, 2.45) is 0 Å². The van der Waals surface area contributed by atoms with E-state index in [9.17, 15) is 19.5 Å². The van der Waals surface area contributed by atoms with Gasteiger partial charge in [0.05, 0.1) is 6.10 Å². The predicted molar refractivity (Wildman–Crippen MR) is 111 cm³/mol. The predicted octanol–water partition coefficient (Wildman–Crippen LogP) is 2.53. The summed E-state index contributed by atoms with van der Waals surface area (Å²) < 4.78 is 5.62. The van der Waals surface area contributed by atoms with Gasteiger partial charge in [-0.1, -0.05) is 31.8 Å². The first kappa shape index (κ1) is 21.7. The van der Waals surface area contributed by atoms with Crippen LogP contribution in [0.3, 0.4) is 0 Å². The van der Waals surface area contributed by atoms with Crippen LogP contribution < -0.4 is 0 Å². The minimum Gasteiger partial charge on any atom is -0.389 e. The number of aliphatic hydroxyl groups is 1. The lowest BCUT2D eigenvalue weighted by molar-refractivity contribution is -0.158. The number of hydrogen-bond acceptors (Lipinski definition) is 5. The molecule has 1 saturated heterocycles. The lowest BCUT2D eigenvalue weighted by Gasteiger charge is -2.35. The molecule has 0 saturated carbocycles. The van der Waals surface area contributed by atoms with Gasteiger partial charge >= 0.3 is 0 Å². The van der Waals surface area contributed by atoms with Crippen molar-refractivity contribution < 1.29 is 24.2 Å². The fraction of sp³-hybridized carbons (Fsp3) is 0.571. The molecule has 7 nitrogen and oxygen atoms in total. The summed E-state index contributed by atoms with van der Waals surface area (Å²) in [6, 6.07) is 5.61. The number of imide groups is 1. The molecule has 0 aliphatic carbocycles. The van der Waals surface area contributed by atoms with Crippen LogP contribution in [0.25, 0.3) is 0 Å². The third-order valence-electron chi connectivity index (χ3n) is 5.53. The van der Waals surface area contributed by atoms with Gasteiger partial charge in [-0.15, -0.1) is 0 Å². The van der Waals surface area contributed by atoms with Crippen molar-refractivity contribution in [2.45, 2.75) is 64.1 Å². The van der Waals surface area contributed by atoms with Crippen LogP contribution in [0.4, 0.5) is 0 Å². The average molecular weight is 419 g/mol. The highest BCUT2D eigenvalue weighted by Gasteiger charge is 2.42. The zero-order valence-corrected chi connectivity index (χ0v) is 18.6. The van der Waals surface area contributed by atoms with Crippen LogP contribution in [0.15, 0.2) is 18.2 Å². The molecule has 2 heterocycles. The molecule has 2 aliphatic heterocycles. The Morgan fingerprint density at radius 1 is 1.24 bits per heavy atom. The molecule has 0 radical (unpaired) electrons. The van der Waals surface area contributed by atoms with E-state index >= 15 is 0 Å². The highest BCUT2D eigenvalue weighted by Crippen LogP contribution is 2.30. The van der Waals surface area contributed by atoms with E-state index in [1.165, 1.54) is 0 Å². The van der Waals surface area contributed by atoms with Crippen LogP contribution in [-0.2, 0) is 20.9 Å². The van der Waals surface area contributed by atoms with Crippen molar-refractivity contribution in [2.75, 3.05) is 13.3 Å². The molecule has 2 atom stereocenters. The van der Waals surface area contributed by atoms with Gasteiger partial charge in [-0.2, -0.15) is 0 Å². The Labute approximate surface area is 172 Å². The molecule has 8 heteroatoms. The monoisotopic (exact) mass is 418 g/mol. The fourth-order valence-electron chi connectivity index (χ4n) is 3.63. The van der Waals surface area contributed by atoms with Crippen LogP contribution >= 0.6 is 0 Å². The average Bonchev–Trinajstić information content (AvgIpc) is 2.96. The number of fused-ring (bicyclic) bond motifs is 1. The van der Waals surface area contributed by atoms with Crippen molar-refractivity contribution in [3.05, 3.63) is 34.9 Å². The van der Waals surface area contributed by atoms with Gasteiger partial charge < -0.3 is 14.7 Å². The minimum atomic E-state index is -1.26. The Balaban J connectivity index is 1.68. The number of ether oxygens (including phenoxy) is 1. The van der Waals surface area contributed by atoms with Crippen molar-refractivity contribution in [3.63, 3.8) is 0 Å². The summed E-state index contributed by atoms with van der Waals surface area (Å²) >= 11 is 0. The third-order valence-corrected chi connectivity index (χ3v) is 7.23. The van der Waals surface area contributed by atoms with Crippen molar-refractivity contribution in [1.29, 1.82) is 0 Å². The number of hydrogen-bond donors (Lipinski definition) is 1. The molecule has 3 amide bonds. The first-order valence-electron chi connectivity index (χ1n) is 10.1. The Bertz CT molecular complexity index is 818. The number of carbonyl (C=O) groups excluding carboxylic acids is 3. The highest BCUT2D eigenvalue weighted by molar-refractivity contribution is 6.76. The quantitative estimate of drug-likeness (QED) is 0.418. The Morgan fingerprint density at radius 2 is 1.97 bits per heavy atom. The van der Waals surface area contributed by atoms with Gasteiger partial charge in [0.15, 0.2) is 0 Å². The van der Waals surface area contributed by atoms with Crippen molar-refractivity contribution >= 4 is 25.8 Å². The van der Waals surface area contributed by atoms with E-state index in [0.29, 0.717) is 30.7 Å². The number of carbonyl (C=O) groups is 3. The molecule has 158 valence electrons. The Kier molecular flexibility index (Phi) is 6.26. The van der Waals surface area contributed by atoms with Crippen LogP contribution in [0.2, 0.25) is 25.7 Å². The van der Waals surface area contributed by atoms with Gasteiger partial charge in [0.25, 0.3) is 11.8 Å². The van der Waals surface area contributed by atoms with Gasteiger partial charge in [-0.3, -0.25) is 19.3 Å². The number of aliphatic hydroxyl groups excluding tert-OH is 1. The minimum absolute atomic E-state index is 0.0558. The zero-order chi connectivity index (χ0) is 21.3. The molecule has 3 rings (SSSR count). The SMILES string of the molecule is CC(O)c1ccc2c(c1)C(=O)N(C1CCC(=O)N(COCC[Si](C)(C)C)C1=O)C2. The maximum Gasteiger partial charge on any atom is 0.255 e. The van der Waals surface area contributed by atoms with E-state index in [4.69, 9.17) is 4.74 Å². The van der Waals surface area contributed by atoms with E-state index in [-0.39, 0.29) is 30.9 Å². The molecule has 0 spiro atoms. The number of rotatable bonds is 7. The van der Waals surface area contributed by atoms with E-state index in [1.807, 2.05) is 6.07 Å². The van der Waals surface area contributed by atoms with Crippen LogP contribution in [0.5, 0.6) is 0 Å². The van der Waals surface area contributed by atoms with Crippen molar-refractivity contribution in [1.82, 2.24) is 9.80 Å². The molecule has 29 heavy (non-hydrogen) atoms. The van der Waals surface area contributed by atoms with Crippen molar-refractivity contribution in [3.8, 4) is 0 Å². The molecule has 1 fully saturated rings. The molecule has 2 aliphatic rings. The maximum atomic E-state index is 13.0. The maximum absolute atomic E-state index is 13.0. The smallest absolute Gasteiger partial charge is 0.255 e. The molecule has 2 unspecified atom stereocenters. The normalized spacial score (nSPS) is 21.0. The number of likely N-dealkylation sites (tertiary alicyclic amines) is 1. The molecular formula is C21H30N2O5Si. The molecule has 0 aromatic heterocycles. The van der Waals surface area contributed by atoms with Gasteiger partial charge in [0.2, 0.25) is 5.91 Å². The first-order valence-corrected chi connectivity index (χ1v) is 13.8. The number of benzene rings is 1. The number of amides is 3. The van der Waals surface area contributed by atoms with Gasteiger partial charge in [-0.05, 0) is 36.6 Å². The summed E-state index contributed by atoms with van der Waals surface area (Å²) in [5, 5.41) is 9.78. The van der Waals surface area contributed by atoms with Gasteiger partial charge in [0, 0.05) is 33.2 Å². The zero-order valence-electron chi connectivity index (χ0n) is 17.6. The summed E-state index contributed by atoms with van der Waals surface area (Å²) in [5.74, 6) is -0.847.